The molecule has 0 radical (unpaired) electrons. The van der Waals surface area contributed by atoms with Crippen molar-refractivity contribution in [2.45, 2.75) is 39.3 Å². The van der Waals surface area contributed by atoms with Crippen LogP contribution >= 0.6 is 0 Å². The first-order valence-corrected chi connectivity index (χ1v) is 7.92. The van der Waals surface area contributed by atoms with Crippen molar-refractivity contribution in [2.24, 2.45) is 0 Å². The maximum Gasteiger partial charge on any atom is 0.410 e. The predicted octanol–water partition coefficient (Wildman–Crippen LogP) is 2.91. The molecule has 0 atom stereocenters. The molecule has 0 aliphatic carbocycles. The maximum absolute atomic E-state index is 11.8. The molecule has 0 spiro atoms. The topological polar surface area (TPSA) is 70.2 Å². The fourth-order valence-corrected chi connectivity index (χ4v) is 2.25. The zero-order valence-corrected chi connectivity index (χ0v) is 14.3. The Hall–Kier alpha value is -2.08. The molecule has 0 saturated carbocycles. The van der Waals surface area contributed by atoms with Crippen LogP contribution in [0.3, 0.4) is 0 Å². The van der Waals surface area contributed by atoms with E-state index in [-0.39, 0.29) is 6.09 Å². The number of rotatable bonds is 6. The molecular weight excluding hydrogens is 292 g/mol. The average molecular weight is 318 g/mol. The lowest BCUT2D eigenvalue weighted by Crippen LogP contribution is -2.35. The summed E-state index contributed by atoms with van der Waals surface area (Å²) in [6.45, 7) is 7.89. The number of amides is 1. The number of aromatic nitrogens is 2. The molecule has 6 nitrogen and oxygen atoms in total. The van der Waals surface area contributed by atoms with E-state index < -0.39 is 5.60 Å². The maximum atomic E-state index is 11.8. The van der Waals surface area contributed by atoms with E-state index in [4.69, 9.17) is 4.74 Å². The third-order valence-corrected chi connectivity index (χ3v) is 3.40. The smallest absolute Gasteiger partial charge is 0.410 e. The highest BCUT2D eigenvalue weighted by molar-refractivity contribution is 5.79. The first-order chi connectivity index (χ1) is 10.9. The number of H-pyrrole nitrogens is 1. The molecule has 2 aromatic heterocycles. The first-order valence-electron chi connectivity index (χ1n) is 7.92. The van der Waals surface area contributed by atoms with Gasteiger partial charge in [0.1, 0.15) is 11.2 Å². The van der Waals surface area contributed by atoms with E-state index in [1.54, 1.807) is 18.1 Å². The van der Waals surface area contributed by atoms with Crippen LogP contribution in [0.5, 0.6) is 0 Å². The third-order valence-electron chi connectivity index (χ3n) is 3.40. The number of hydrogen-bond donors (Lipinski definition) is 2. The second-order valence-corrected chi connectivity index (χ2v) is 6.65. The molecular formula is C17H26N4O2. The number of carbonyl (C=O) groups is 1. The Kier molecular flexibility index (Phi) is 5.60. The van der Waals surface area contributed by atoms with Crippen LogP contribution in [0.4, 0.5) is 4.79 Å². The van der Waals surface area contributed by atoms with Crippen molar-refractivity contribution in [1.82, 2.24) is 20.2 Å². The van der Waals surface area contributed by atoms with Crippen LogP contribution in [0, 0.1) is 0 Å². The normalized spacial score (nSPS) is 11.7. The Bertz CT molecular complexity index is 645. The van der Waals surface area contributed by atoms with Gasteiger partial charge in [-0.05, 0) is 51.4 Å². The Morgan fingerprint density at radius 2 is 2.22 bits per heavy atom. The van der Waals surface area contributed by atoms with E-state index in [9.17, 15) is 4.79 Å². The van der Waals surface area contributed by atoms with Gasteiger partial charge in [0.05, 0.1) is 0 Å². The lowest BCUT2D eigenvalue weighted by Gasteiger charge is -2.24. The minimum atomic E-state index is -0.451. The lowest BCUT2D eigenvalue weighted by atomic mass is 10.2. The summed E-state index contributed by atoms with van der Waals surface area (Å²) < 4.78 is 5.32. The van der Waals surface area contributed by atoms with Gasteiger partial charge in [-0.15, -0.1) is 0 Å². The van der Waals surface area contributed by atoms with Gasteiger partial charge in [-0.25, -0.2) is 9.78 Å². The summed E-state index contributed by atoms with van der Waals surface area (Å²) in [5.74, 6) is 0. The zero-order chi connectivity index (χ0) is 16.9. The highest BCUT2D eigenvalue weighted by Gasteiger charge is 2.18. The molecule has 1 amide bonds. The summed E-state index contributed by atoms with van der Waals surface area (Å²) in [7, 11) is 1.76. The molecule has 0 unspecified atom stereocenters. The number of hydrogen-bond acceptors (Lipinski definition) is 4. The SMILES string of the molecule is CN(CCCNCc1c[nH]c2ncccc12)C(=O)OC(C)(C)C. The highest BCUT2D eigenvalue weighted by Crippen LogP contribution is 2.15. The van der Waals surface area contributed by atoms with Crippen LogP contribution in [-0.2, 0) is 11.3 Å². The van der Waals surface area contributed by atoms with Gasteiger partial charge in [-0.3, -0.25) is 0 Å². The summed E-state index contributed by atoms with van der Waals surface area (Å²) >= 11 is 0. The minimum absolute atomic E-state index is 0.278. The fourth-order valence-electron chi connectivity index (χ4n) is 2.25. The zero-order valence-electron chi connectivity index (χ0n) is 14.3. The monoisotopic (exact) mass is 318 g/mol. The molecule has 0 aliphatic rings. The molecule has 0 bridgehead atoms. The highest BCUT2D eigenvalue weighted by atomic mass is 16.6. The quantitative estimate of drug-likeness (QED) is 0.804. The largest absolute Gasteiger partial charge is 0.444 e. The molecule has 2 N–H and O–H groups in total. The second kappa shape index (κ2) is 7.46. The molecule has 2 heterocycles. The summed E-state index contributed by atoms with van der Waals surface area (Å²) in [5.41, 5.74) is 1.66. The Labute approximate surface area is 137 Å². The molecule has 0 aromatic carbocycles. The van der Waals surface area contributed by atoms with Crippen LogP contribution < -0.4 is 5.32 Å². The lowest BCUT2D eigenvalue weighted by molar-refractivity contribution is 0.0297. The molecule has 2 aromatic rings. The molecule has 0 saturated heterocycles. The van der Waals surface area contributed by atoms with Gasteiger partial charge in [-0.2, -0.15) is 0 Å². The first kappa shape index (κ1) is 17.3. The second-order valence-electron chi connectivity index (χ2n) is 6.65. The van der Waals surface area contributed by atoms with Crippen molar-refractivity contribution >= 4 is 17.1 Å². The van der Waals surface area contributed by atoms with Gasteiger partial charge in [0.15, 0.2) is 0 Å². The number of aromatic amines is 1. The van der Waals surface area contributed by atoms with Crippen LogP contribution in [0.2, 0.25) is 0 Å². The van der Waals surface area contributed by atoms with Crippen molar-refractivity contribution in [3.8, 4) is 0 Å². The minimum Gasteiger partial charge on any atom is -0.444 e. The van der Waals surface area contributed by atoms with Crippen molar-refractivity contribution in [3.05, 3.63) is 30.1 Å². The molecule has 0 fully saturated rings. The van der Waals surface area contributed by atoms with Gasteiger partial charge in [0.2, 0.25) is 0 Å². The number of nitrogens with one attached hydrogen (secondary N) is 2. The van der Waals surface area contributed by atoms with Gasteiger partial charge in [0.25, 0.3) is 0 Å². The number of pyridine rings is 1. The molecule has 23 heavy (non-hydrogen) atoms. The van der Waals surface area contributed by atoms with E-state index in [1.807, 2.05) is 33.0 Å². The summed E-state index contributed by atoms with van der Waals surface area (Å²) in [4.78, 5) is 20.9. The van der Waals surface area contributed by atoms with Gasteiger partial charge < -0.3 is 19.9 Å². The summed E-state index contributed by atoms with van der Waals surface area (Å²) in [6.07, 6.45) is 4.36. The van der Waals surface area contributed by atoms with E-state index >= 15 is 0 Å². The summed E-state index contributed by atoms with van der Waals surface area (Å²) in [6, 6.07) is 4.00. The van der Waals surface area contributed by atoms with Gasteiger partial charge in [-0.1, -0.05) is 0 Å². The predicted molar refractivity (Wildman–Crippen MR) is 91.3 cm³/mol. The van der Waals surface area contributed by atoms with Crippen molar-refractivity contribution in [1.29, 1.82) is 0 Å². The van der Waals surface area contributed by atoms with Gasteiger partial charge in [0, 0.05) is 37.9 Å². The van der Waals surface area contributed by atoms with E-state index in [0.29, 0.717) is 6.54 Å². The van der Waals surface area contributed by atoms with E-state index in [1.165, 1.54) is 5.56 Å². The number of fused-ring (bicyclic) bond motifs is 1. The van der Waals surface area contributed by atoms with Crippen LogP contribution in [0.25, 0.3) is 11.0 Å². The van der Waals surface area contributed by atoms with Crippen LogP contribution in [0.15, 0.2) is 24.5 Å². The molecule has 2 rings (SSSR count). The van der Waals surface area contributed by atoms with Crippen molar-refractivity contribution in [3.63, 3.8) is 0 Å². The number of nitrogens with zero attached hydrogens (tertiary/aromatic N) is 2. The molecule has 6 heteroatoms. The average Bonchev–Trinajstić information content (AvgIpc) is 2.88. The molecule has 0 aliphatic heterocycles. The number of ether oxygens (including phenoxy) is 1. The van der Waals surface area contributed by atoms with E-state index in [2.05, 4.69) is 21.4 Å². The summed E-state index contributed by atoms with van der Waals surface area (Å²) in [5, 5.41) is 4.54. The van der Waals surface area contributed by atoms with Crippen molar-refractivity contribution < 1.29 is 9.53 Å². The van der Waals surface area contributed by atoms with Gasteiger partial charge >= 0.3 is 6.09 Å². The Morgan fingerprint density at radius 3 is 2.96 bits per heavy atom. The fraction of sp³-hybridized carbons (Fsp3) is 0.529. The molecule has 126 valence electrons. The number of carbonyl (C=O) groups excluding carboxylic acids is 1. The van der Waals surface area contributed by atoms with Crippen molar-refractivity contribution in [2.75, 3.05) is 20.1 Å². The van der Waals surface area contributed by atoms with E-state index in [0.717, 1.165) is 30.5 Å². The third kappa shape index (κ3) is 5.25. The Balaban J connectivity index is 1.69. The standard InChI is InChI=1S/C17H26N4O2/c1-17(2,3)23-16(22)21(4)10-6-8-18-11-13-12-20-15-14(13)7-5-9-19-15/h5,7,9,12,18H,6,8,10-11H2,1-4H3,(H,19,20). The Morgan fingerprint density at radius 1 is 1.43 bits per heavy atom. The van der Waals surface area contributed by atoms with Crippen LogP contribution in [0.1, 0.15) is 32.8 Å². The van der Waals surface area contributed by atoms with Crippen LogP contribution in [-0.4, -0.2) is 46.7 Å².